The van der Waals surface area contributed by atoms with E-state index in [9.17, 15) is 4.79 Å². The summed E-state index contributed by atoms with van der Waals surface area (Å²) >= 11 is 0. The molecular formula is C18H30N4O3. The van der Waals surface area contributed by atoms with Gasteiger partial charge in [0.25, 0.3) is 0 Å². The first-order valence-corrected chi connectivity index (χ1v) is 9.31. The van der Waals surface area contributed by atoms with Crippen LogP contribution in [-0.4, -0.2) is 59.2 Å². The summed E-state index contributed by atoms with van der Waals surface area (Å²) in [6.45, 7) is 6.87. The van der Waals surface area contributed by atoms with E-state index in [0.29, 0.717) is 13.1 Å². The fraction of sp³-hybridized carbons (Fsp3) is 0.778. The van der Waals surface area contributed by atoms with E-state index in [2.05, 4.69) is 10.4 Å². The molecule has 1 aromatic heterocycles. The Bertz CT molecular complexity index is 559. The summed E-state index contributed by atoms with van der Waals surface area (Å²) < 4.78 is 13.3. The predicted molar refractivity (Wildman–Crippen MR) is 94.4 cm³/mol. The van der Waals surface area contributed by atoms with Gasteiger partial charge in [0.05, 0.1) is 24.4 Å². The van der Waals surface area contributed by atoms with Crippen molar-refractivity contribution in [3.8, 4) is 0 Å². The standard InChI is InChI=1S/C18H30N4O3/c1-13(17-10-19-21(3)14(17)2)20-18(23)22(11-15-6-4-8-24-15)12-16-7-5-9-25-16/h10,13,15-16H,4-9,11-12H2,1-3H3,(H,20,23)/t13-,15-,16-/m0/s1. The zero-order valence-corrected chi connectivity index (χ0v) is 15.5. The molecule has 140 valence electrons. The summed E-state index contributed by atoms with van der Waals surface area (Å²) in [5, 5.41) is 7.39. The number of hydrogen-bond acceptors (Lipinski definition) is 4. The maximum Gasteiger partial charge on any atom is 0.318 e. The molecule has 3 atom stereocenters. The lowest BCUT2D eigenvalue weighted by Crippen LogP contribution is -2.47. The van der Waals surface area contributed by atoms with Crippen LogP contribution in [0.2, 0.25) is 0 Å². The lowest BCUT2D eigenvalue weighted by molar-refractivity contribution is 0.0494. The second-order valence-electron chi connectivity index (χ2n) is 7.16. The number of carbonyl (C=O) groups is 1. The zero-order chi connectivity index (χ0) is 17.8. The predicted octanol–water partition coefficient (Wildman–Crippen LogP) is 2.16. The van der Waals surface area contributed by atoms with Crippen LogP contribution in [0.5, 0.6) is 0 Å². The van der Waals surface area contributed by atoms with Gasteiger partial charge in [0, 0.05) is 44.6 Å². The van der Waals surface area contributed by atoms with Crippen molar-refractivity contribution in [1.82, 2.24) is 20.0 Å². The van der Waals surface area contributed by atoms with Crippen molar-refractivity contribution in [3.63, 3.8) is 0 Å². The van der Waals surface area contributed by atoms with Crippen LogP contribution in [0, 0.1) is 6.92 Å². The number of rotatable bonds is 6. The highest BCUT2D eigenvalue weighted by molar-refractivity contribution is 5.74. The minimum Gasteiger partial charge on any atom is -0.376 e. The minimum atomic E-state index is -0.0855. The van der Waals surface area contributed by atoms with E-state index in [-0.39, 0.29) is 24.3 Å². The van der Waals surface area contributed by atoms with Crippen LogP contribution in [0.25, 0.3) is 0 Å². The number of carbonyl (C=O) groups excluding carboxylic acids is 1. The molecule has 7 heteroatoms. The molecule has 0 aromatic carbocycles. The molecule has 0 radical (unpaired) electrons. The van der Waals surface area contributed by atoms with Crippen molar-refractivity contribution in [2.75, 3.05) is 26.3 Å². The third kappa shape index (κ3) is 4.52. The molecule has 3 heterocycles. The van der Waals surface area contributed by atoms with E-state index in [0.717, 1.165) is 50.2 Å². The lowest BCUT2D eigenvalue weighted by atomic mass is 10.1. The van der Waals surface area contributed by atoms with E-state index in [4.69, 9.17) is 9.47 Å². The topological polar surface area (TPSA) is 68.6 Å². The Labute approximate surface area is 149 Å². The van der Waals surface area contributed by atoms with Crippen LogP contribution < -0.4 is 5.32 Å². The second-order valence-corrected chi connectivity index (χ2v) is 7.16. The highest BCUT2D eigenvalue weighted by Gasteiger charge is 2.28. The number of aryl methyl sites for hydroxylation is 1. The molecule has 0 bridgehead atoms. The first kappa shape index (κ1) is 18.2. The third-order valence-electron chi connectivity index (χ3n) is 5.26. The number of amides is 2. The highest BCUT2D eigenvalue weighted by atomic mass is 16.5. The molecule has 1 aromatic rings. The van der Waals surface area contributed by atoms with Crippen LogP contribution in [0.4, 0.5) is 4.79 Å². The van der Waals surface area contributed by atoms with Gasteiger partial charge in [-0.25, -0.2) is 4.79 Å². The van der Waals surface area contributed by atoms with Crippen molar-refractivity contribution in [2.45, 2.75) is 57.8 Å². The molecule has 1 N–H and O–H groups in total. The smallest absolute Gasteiger partial charge is 0.318 e. The summed E-state index contributed by atoms with van der Waals surface area (Å²) in [6, 6.07) is -0.139. The average molecular weight is 350 g/mol. The maximum atomic E-state index is 12.9. The SMILES string of the molecule is Cc1c([C@H](C)NC(=O)N(C[C@@H]2CCCO2)C[C@@H]2CCCO2)cnn1C. The largest absolute Gasteiger partial charge is 0.376 e. The van der Waals surface area contributed by atoms with Crippen molar-refractivity contribution in [1.29, 1.82) is 0 Å². The lowest BCUT2D eigenvalue weighted by Gasteiger charge is -2.29. The molecule has 2 saturated heterocycles. The summed E-state index contributed by atoms with van der Waals surface area (Å²) in [7, 11) is 1.91. The maximum absolute atomic E-state index is 12.9. The molecule has 2 aliphatic heterocycles. The molecule has 2 amide bonds. The monoisotopic (exact) mass is 350 g/mol. The Morgan fingerprint density at radius 1 is 1.32 bits per heavy atom. The van der Waals surface area contributed by atoms with Crippen LogP contribution in [0.1, 0.15) is 49.9 Å². The molecule has 2 fully saturated rings. The fourth-order valence-electron chi connectivity index (χ4n) is 3.60. The molecule has 2 aliphatic rings. The number of nitrogens with one attached hydrogen (secondary N) is 1. The van der Waals surface area contributed by atoms with Crippen molar-refractivity contribution >= 4 is 6.03 Å². The first-order valence-electron chi connectivity index (χ1n) is 9.31. The highest BCUT2D eigenvalue weighted by Crippen LogP contribution is 2.19. The molecule has 7 nitrogen and oxygen atoms in total. The minimum absolute atomic E-state index is 0.0539. The van der Waals surface area contributed by atoms with E-state index < -0.39 is 0 Å². The molecule has 0 spiro atoms. The van der Waals surface area contributed by atoms with E-state index in [1.165, 1.54) is 0 Å². The van der Waals surface area contributed by atoms with Crippen LogP contribution in [0.15, 0.2) is 6.20 Å². The van der Waals surface area contributed by atoms with Gasteiger partial charge in [-0.05, 0) is 39.5 Å². The summed E-state index contributed by atoms with van der Waals surface area (Å²) in [6.07, 6.45) is 6.30. The summed E-state index contributed by atoms with van der Waals surface area (Å²) in [4.78, 5) is 14.8. The first-order chi connectivity index (χ1) is 12.0. The summed E-state index contributed by atoms with van der Waals surface area (Å²) in [5.41, 5.74) is 2.11. The number of aromatic nitrogens is 2. The Hall–Kier alpha value is -1.60. The van der Waals surface area contributed by atoms with Gasteiger partial charge in [0.2, 0.25) is 0 Å². The molecule has 3 rings (SSSR count). The normalized spacial score (nSPS) is 24.4. The van der Waals surface area contributed by atoms with E-state index in [1.54, 1.807) is 0 Å². The van der Waals surface area contributed by atoms with Gasteiger partial charge in [-0.3, -0.25) is 4.68 Å². The van der Waals surface area contributed by atoms with Crippen molar-refractivity contribution in [2.24, 2.45) is 7.05 Å². The number of hydrogen-bond donors (Lipinski definition) is 1. The molecule has 25 heavy (non-hydrogen) atoms. The van der Waals surface area contributed by atoms with Gasteiger partial charge >= 0.3 is 6.03 Å². The molecular weight excluding hydrogens is 320 g/mol. The van der Waals surface area contributed by atoms with Crippen LogP contribution >= 0.6 is 0 Å². The van der Waals surface area contributed by atoms with Gasteiger partial charge in [-0.15, -0.1) is 0 Å². The van der Waals surface area contributed by atoms with Gasteiger partial charge in [-0.1, -0.05) is 0 Å². The van der Waals surface area contributed by atoms with Crippen molar-refractivity contribution in [3.05, 3.63) is 17.5 Å². The summed E-state index contributed by atoms with van der Waals surface area (Å²) in [5.74, 6) is 0. The van der Waals surface area contributed by atoms with Gasteiger partial charge in [-0.2, -0.15) is 5.10 Å². The Morgan fingerprint density at radius 3 is 2.36 bits per heavy atom. The molecule has 0 aliphatic carbocycles. The third-order valence-corrected chi connectivity index (χ3v) is 5.26. The van der Waals surface area contributed by atoms with Crippen LogP contribution in [-0.2, 0) is 16.5 Å². The van der Waals surface area contributed by atoms with E-state index >= 15 is 0 Å². The number of nitrogens with zero attached hydrogens (tertiary/aromatic N) is 3. The quantitative estimate of drug-likeness (QED) is 0.854. The molecule has 0 saturated carbocycles. The average Bonchev–Trinajstić information content (AvgIpc) is 3.32. The van der Waals surface area contributed by atoms with Gasteiger partial charge < -0.3 is 19.7 Å². The van der Waals surface area contributed by atoms with Crippen molar-refractivity contribution < 1.29 is 14.3 Å². The second kappa shape index (κ2) is 8.19. The number of urea groups is 1. The zero-order valence-electron chi connectivity index (χ0n) is 15.5. The Morgan fingerprint density at radius 2 is 1.92 bits per heavy atom. The Kier molecular flexibility index (Phi) is 5.96. The van der Waals surface area contributed by atoms with Crippen LogP contribution in [0.3, 0.4) is 0 Å². The Balaban J connectivity index is 1.63. The van der Waals surface area contributed by atoms with Gasteiger partial charge in [0.1, 0.15) is 0 Å². The number of ether oxygens (including phenoxy) is 2. The molecule has 0 unspecified atom stereocenters. The van der Waals surface area contributed by atoms with Gasteiger partial charge in [0.15, 0.2) is 0 Å². The van der Waals surface area contributed by atoms with E-state index in [1.807, 2.05) is 36.7 Å². The fourth-order valence-corrected chi connectivity index (χ4v) is 3.60.